The number of barbiturate groups is 1. The number of benzene rings is 3. The Balaban J connectivity index is 1.65. The van der Waals surface area contributed by atoms with Gasteiger partial charge in [-0.2, -0.15) is 13.2 Å². The van der Waals surface area contributed by atoms with Crippen LogP contribution in [0.2, 0.25) is 10.0 Å². The number of carbonyl (C=O) groups excluding carboxylic acids is 3. The summed E-state index contributed by atoms with van der Waals surface area (Å²) in [6.45, 7) is 2.23. The SMILES string of the molecule is CCOc1cc(/C=C2/C(=O)NC(=O)N(c3cc(C(F)(F)F)ccc3Cl)C2=O)ccc1OCc1cccc(Cl)c1. The number of carbonyl (C=O) groups is 3. The van der Waals surface area contributed by atoms with E-state index in [0.29, 0.717) is 39.1 Å². The lowest BCUT2D eigenvalue weighted by atomic mass is 10.1. The molecular formula is C27H19Cl2F3N2O5. The summed E-state index contributed by atoms with van der Waals surface area (Å²) in [5, 5.41) is 2.22. The molecule has 39 heavy (non-hydrogen) atoms. The van der Waals surface area contributed by atoms with Gasteiger partial charge in [-0.3, -0.25) is 14.9 Å². The highest BCUT2D eigenvalue weighted by Gasteiger charge is 2.39. The van der Waals surface area contributed by atoms with E-state index in [9.17, 15) is 27.6 Å². The standard InChI is InChI=1S/C27H19Cl2F3N2O5/c1-2-38-23-12-15(6-9-22(23)39-14-16-4-3-5-18(28)10-16)11-19-24(35)33-26(37)34(25(19)36)21-13-17(27(30,31)32)7-8-20(21)29/h3-13H,2,14H2,1H3,(H,33,35,37)/b19-11-. The van der Waals surface area contributed by atoms with Gasteiger partial charge in [-0.25, -0.2) is 9.69 Å². The molecule has 0 bridgehead atoms. The van der Waals surface area contributed by atoms with Crippen molar-refractivity contribution in [3.05, 3.63) is 93.0 Å². The van der Waals surface area contributed by atoms with Gasteiger partial charge >= 0.3 is 12.2 Å². The molecule has 7 nitrogen and oxygen atoms in total. The normalized spacial score (nSPS) is 15.0. The number of rotatable bonds is 7. The first kappa shape index (κ1) is 28.0. The number of hydrogen-bond donors (Lipinski definition) is 1. The molecule has 3 aromatic carbocycles. The fourth-order valence-electron chi connectivity index (χ4n) is 3.69. The number of halogens is 5. The van der Waals surface area contributed by atoms with E-state index < -0.39 is 40.8 Å². The number of anilines is 1. The molecule has 3 aromatic rings. The minimum Gasteiger partial charge on any atom is -0.490 e. The molecule has 4 rings (SSSR count). The lowest BCUT2D eigenvalue weighted by Gasteiger charge is -2.27. The summed E-state index contributed by atoms with van der Waals surface area (Å²) in [6, 6.07) is 12.7. The Kier molecular flexibility index (Phi) is 8.17. The third-order valence-corrected chi connectivity index (χ3v) is 6.03. The maximum Gasteiger partial charge on any atom is 0.416 e. The number of alkyl halides is 3. The monoisotopic (exact) mass is 578 g/mol. The molecule has 0 unspecified atom stereocenters. The number of amides is 4. The van der Waals surface area contributed by atoms with Crippen LogP contribution < -0.4 is 19.7 Å². The van der Waals surface area contributed by atoms with Gasteiger partial charge in [0.15, 0.2) is 11.5 Å². The van der Waals surface area contributed by atoms with Gasteiger partial charge in [0.05, 0.1) is 22.9 Å². The van der Waals surface area contributed by atoms with Crippen molar-refractivity contribution >= 4 is 52.8 Å². The molecule has 1 aliphatic heterocycles. The smallest absolute Gasteiger partial charge is 0.416 e. The molecule has 0 spiro atoms. The summed E-state index contributed by atoms with van der Waals surface area (Å²) >= 11 is 12.0. The second-order valence-corrected chi connectivity index (χ2v) is 9.02. The Morgan fingerprint density at radius 1 is 0.949 bits per heavy atom. The number of nitrogens with one attached hydrogen (secondary N) is 1. The van der Waals surface area contributed by atoms with Crippen LogP contribution in [0.1, 0.15) is 23.6 Å². The predicted molar refractivity (Wildman–Crippen MR) is 139 cm³/mol. The lowest BCUT2D eigenvalue weighted by molar-refractivity contribution is -0.137. The first-order valence-electron chi connectivity index (χ1n) is 11.4. The van der Waals surface area contributed by atoms with E-state index in [1.54, 1.807) is 37.3 Å². The van der Waals surface area contributed by atoms with Crippen molar-refractivity contribution < 1.29 is 37.0 Å². The molecular weight excluding hydrogens is 560 g/mol. The Hall–Kier alpha value is -4.02. The van der Waals surface area contributed by atoms with E-state index in [1.807, 2.05) is 11.4 Å². The zero-order valence-corrected chi connectivity index (χ0v) is 21.7. The number of imide groups is 2. The molecule has 1 heterocycles. The maximum absolute atomic E-state index is 13.2. The average Bonchev–Trinajstić information content (AvgIpc) is 2.86. The maximum atomic E-state index is 13.2. The van der Waals surface area contributed by atoms with Gasteiger partial charge in [-0.05, 0) is 66.6 Å². The van der Waals surface area contributed by atoms with Crippen LogP contribution in [0.15, 0.2) is 66.2 Å². The first-order valence-corrected chi connectivity index (χ1v) is 12.2. The van der Waals surface area contributed by atoms with Gasteiger partial charge in [0, 0.05) is 5.02 Å². The van der Waals surface area contributed by atoms with E-state index in [2.05, 4.69) is 0 Å². The largest absolute Gasteiger partial charge is 0.490 e. The number of urea groups is 1. The summed E-state index contributed by atoms with van der Waals surface area (Å²) in [6.07, 6.45) is -3.57. The lowest BCUT2D eigenvalue weighted by Crippen LogP contribution is -2.54. The molecule has 1 fully saturated rings. The number of hydrogen-bond acceptors (Lipinski definition) is 5. The first-order chi connectivity index (χ1) is 18.5. The van der Waals surface area contributed by atoms with Gasteiger partial charge in [0.25, 0.3) is 11.8 Å². The molecule has 0 aromatic heterocycles. The highest BCUT2D eigenvalue weighted by Crippen LogP contribution is 2.37. The molecule has 4 amide bonds. The van der Waals surface area contributed by atoms with Gasteiger partial charge < -0.3 is 9.47 Å². The van der Waals surface area contributed by atoms with E-state index in [4.69, 9.17) is 32.7 Å². The van der Waals surface area contributed by atoms with Crippen molar-refractivity contribution in [2.45, 2.75) is 19.7 Å². The minimum absolute atomic E-state index is 0.191. The van der Waals surface area contributed by atoms with Crippen molar-refractivity contribution in [1.82, 2.24) is 5.32 Å². The average molecular weight is 579 g/mol. The van der Waals surface area contributed by atoms with Gasteiger partial charge in [0.1, 0.15) is 12.2 Å². The van der Waals surface area contributed by atoms with Crippen LogP contribution in [0.4, 0.5) is 23.7 Å². The number of nitrogens with zero attached hydrogens (tertiary/aromatic N) is 1. The van der Waals surface area contributed by atoms with Crippen LogP contribution in [-0.2, 0) is 22.4 Å². The van der Waals surface area contributed by atoms with Crippen LogP contribution in [0.3, 0.4) is 0 Å². The Morgan fingerprint density at radius 3 is 2.41 bits per heavy atom. The number of ether oxygens (including phenoxy) is 2. The highest BCUT2D eigenvalue weighted by atomic mass is 35.5. The Labute approximate surface area is 230 Å². The van der Waals surface area contributed by atoms with Crippen molar-refractivity contribution in [2.24, 2.45) is 0 Å². The van der Waals surface area contributed by atoms with E-state index in [0.717, 1.165) is 11.6 Å². The second kappa shape index (κ2) is 11.4. The van der Waals surface area contributed by atoms with Crippen LogP contribution in [0.5, 0.6) is 11.5 Å². The third-order valence-electron chi connectivity index (χ3n) is 5.48. The topological polar surface area (TPSA) is 84.9 Å². The van der Waals surface area contributed by atoms with Crippen molar-refractivity contribution in [3.63, 3.8) is 0 Å². The van der Waals surface area contributed by atoms with Crippen molar-refractivity contribution in [1.29, 1.82) is 0 Å². The summed E-state index contributed by atoms with van der Waals surface area (Å²) in [5.41, 5.74) is -1.000. The van der Waals surface area contributed by atoms with Crippen molar-refractivity contribution in [2.75, 3.05) is 11.5 Å². The summed E-state index contributed by atoms with van der Waals surface area (Å²) in [4.78, 5) is 38.6. The minimum atomic E-state index is -4.75. The molecule has 1 N–H and O–H groups in total. The zero-order chi connectivity index (χ0) is 28.3. The predicted octanol–water partition coefficient (Wildman–Crippen LogP) is 6.66. The van der Waals surface area contributed by atoms with Gasteiger partial charge in [-0.15, -0.1) is 0 Å². The molecule has 1 aliphatic rings. The molecule has 0 radical (unpaired) electrons. The fourth-order valence-corrected chi connectivity index (χ4v) is 4.11. The van der Waals surface area contributed by atoms with Crippen LogP contribution >= 0.6 is 23.2 Å². The van der Waals surface area contributed by atoms with E-state index >= 15 is 0 Å². The molecule has 0 aliphatic carbocycles. The van der Waals surface area contributed by atoms with Crippen LogP contribution in [-0.4, -0.2) is 24.5 Å². The third kappa shape index (κ3) is 6.35. The summed E-state index contributed by atoms with van der Waals surface area (Å²) in [5.74, 6) is -1.48. The van der Waals surface area contributed by atoms with E-state index in [1.165, 1.54) is 12.1 Å². The Morgan fingerprint density at radius 2 is 1.72 bits per heavy atom. The summed E-state index contributed by atoms with van der Waals surface area (Å²) in [7, 11) is 0. The quantitative estimate of drug-likeness (QED) is 0.250. The molecule has 1 saturated heterocycles. The second-order valence-electron chi connectivity index (χ2n) is 8.18. The van der Waals surface area contributed by atoms with Gasteiger partial charge in [-0.1, -0.05) is 41.4 Å². The Bertz CT molecular complexity index is 1490. The summed E-state index contributed by atoms with van der Waals surface area (Å²) < 4.78 is 51.2. The molecule has 0 saturated carbocycles. The van der Waals surface area contributed by atoms with Crippen LogP contribution in [0, 0.1) is 0 Å². The molecule has 0 atom stereocenters. The van der Waals surface area contributed by atoms with Gasteiger partial charge in [0.2, 0.25) is 0 Å². The van der Waals surface area contributed by atoms with Crippen molar-refractivity contribution in [3.8, 4) is 11.5 Å². The van der Waals surface area contributed by atoms with Crippen LogP contribution in [0.25, 0.3) is 6.08 Å². The zero-order valence-electron chi connectivity index (χ0n) is 20.1. The fraction of sp³-hybridized carbons (Fsp3) is 0.148. The molecule has 12 heteroatoms. The highest BCUT2D eigenvalue weighted by molar-refractivity contribution is 6.42. The van der Waals surface area contributed by atoms with E-state index in [-0.39, 0.29) is 18.2 Å². The molecule has 202 valence electrons.